The van der Waals surface area contributed by atoms with Crippen LogP contribution in [0.5, 0.6) is 0 Å². The van der Waals surface area contributed by atoms with Crippen molar-refractivity contribution < 1.29 is 0 Å². The second-order valence-corrected chi connectivity index (χ2v) is 7.44. The fraction of sp³-hybridized carbons (Fsp3) is 0.278. The van der Waals surface area contributed by atoms with Crippen LogP contribution in [-0.4, -0.2) is 18.7 Å². The van der Waals surface area contributed by atoms with E-state index in [2.05, 4.69) is 12.0 Å². The van der Waals surface area contributed by atoms with Gasteiger partial charge < -0.3 is 0 Å². The predicted molar refractivity (Wildman–Crippen MR) is 105 cm³/mol. The molecule has 26 heavy (non-hydrogen) atoms. The summed E-state index contributed by atoms with van der Waals surface area (Å²) >= 11 is 7.57. The number of aromatic nitrogens is 4. The number of halogens is 1. The highest BCUT2D eigenvalue weighted by Gasteiger charge is 2.18. The summed E-state index contributed by atoms with van der Waals surface area (Å²) in [5, 5.41) is 6.88. The molecule has 4 rings (SSSR count). The van der Waals surface area contributed by atoms with Crippen molar-refractivity contribution in [3.63, 3.8) is 0 Å². The molecular weight excluding hydrogens is 372 g/mol. The number of benzene rings is 1. The molecule has 0 amide bonds. The van der Waals surface area contributed by atoms with E-state index < -0.39 is 0 Å². The summed E-state index contributed by atoms with van der Waals surface area (Å²) in [6, 6.07) is 9.16. The fourth-order valence-corrected chi connectivity index (χ4v) is 4.06. The van der Waals surface area contributed by atoms with Crippen LogP contribution in [0.2, 0.25) is 5.02 Å². The zero-order valence-electron chi connectivity index (χ0n) is 14.2. The van der Waals surface area contributed by atoms with Crippen LogP contribution in [0.25, 0.3) is 16.0 Å². The number of aryl methyl sites for hydroxylation is 1. The molecule has 0 atom stereocenters. The first-order chi connectivity index (χ1) is 12.6. The molecule has 134 valence electrons. The molecule has 0 aliphatic carbocycles. The summed E-state index contributed by atoms with van der Waals surface area (Å²) < 4.78 is 5.08. The van der Waals surface area contributed by atoms with Gasteiger partial charge in [-0.2, -0.15) is 0 Å². The predicted octanol–water partition coefficient (Wildman–Crippen LogP) is 3.37. The number of hydrogen-bond acceptors (Lipinski definition) is 4. The van der Waals surface area contributed by atoms with E-state index in [-0.39, 0.29) is 17.8 Å². The minimum atomic E-state index is -0.270. The van der Waals surface area contributed by atoms with Gasteiger partial charge in [-0.25, -0.2) is 13.9 Å². The van der Waals surface area contributed by atoms with E-state index in [0.29, 0.717) is 27.6 Å². The molecule has 0 spiro atoms. The first-order valence-electron chi connectivity index (χ1n) is 8.44. The standard InChI is InChI=1S/C18H17ClN4O2S/c1-2-3-9-21-16(24)15-14(8-10-26-15)23-17(21)20-22(18(23)25)11-12-6-4-5-7-13(12)19/h4-8,10H,2-3,9,11H2,1H3. The average Bonchev–Trinajstić information content (AvgIpc) is 3.23. The first kappa shape index (κ1) is 17.1. The lowest BCUT2D eigenvalue weighted by molar-refractivity contribution is 0.613. The molecule has 0 radical (unpaired) electrons. The Labute approximate surface area is 157 Å². The summed E-state index contributed by atoms with van der Waals surface area (Å²) in [6.07, 6.45) is 1.80. The Hall–Kier alpha value is -2.38. The molecule has 3 heterocycles. The van der Waals surface area contributed by atoms with Crippen molar-refractivity contribution in [2.24, 2.45) is 0 Å². The van der Waals surface area contributed by atoms with E-state index in [1.54, 1.807) is 16.7 Å². The van der Waals surface area contributed by atoms with Crippen molar-refractivity contribution in [3.8, 4) is 0 Å². The minimum absolute atomic E-state index is 0.0918. The second kappa shape index (κ2) is 6.74. The zero-order valence-corrected chi connectivity index (χ0v) is 15.8. The summed E-state index contributed by atoms with van der Waals surface area (Å²) in [4.78, 5) is 25.8. The third kappa shape index (κ3) is 2.68. The van der Waals surface area contributed by atoms with Crippen molar-refractivity contribution in [2.75, 3.05) is 0 Å². The lowest BCUT2D eigenvalue weighted by Crippen LogP contribution is -2.26. The number of fused-ring (bicyclic) bond motifs is 3. The van der Waals surface area contributed by atoms with Crippen molar-refractivity contribution in [2.45, 2.75) is 32.9 Å². The van der Waals surface area contributed by atoms with Crippen LogP contribution in [0.15, 0.2) is 45.3 Å². The first-order valence-corrected chi connectivity index (χ1v) is 9.70. The van der Waals surface area contributed by atoms with Crippen molar-refractivity contribution in [3.05, 3.63) is 67.1 Å². The molecule has 0 N–H and O–H groups in total. The van der Waals surface area contributed by atoms with Gasteiger partial charge in [0.2, 0.25) is 5.78 Å². The maximum Gasteiger partial charge on any atom is 0.352 e. The van der Waals surface area contributed by atoms with E-state index in [9.17, 15) is 9.59 Å². The molecular formula is C18H17ClN4O2S. The monoisotopic (exact) mass is 388 g/mol. The fourth-order valence-electron chi connectivity index (χ4n) is 3.04. The number of thiophene rings is 1. The number of hydrogen-bond donors (Lipinski definition) is 0. The van der Waals surface area contributed by atoms with E-state index in [4.69, 9.17) is 11.6 Å². The van der Waals surface area contributed by atoms with Gasteiger partial charge in [-0.05, 0) is 29.5 Å². The zero-order chi connectivity index (χ0) is 18.3. The Kier molecular flexibility index (Phi) is 4.42. The Morgan fingerprint density at radius 1 is 1.19 bits per heavy atom. The smallest absolute Gasteiger partial charge is 0.276 e. The molecule has 0 saturated heterocycles. The Morgan fingerprint density at radius 3 is 2.77 bits per heavy atom. The molecule has 0 aliphatic rings. The Morgan fingerprint density at radius 2 is 2.00 bits per heavy atom. The summed E-state index contributed by atoms with van der Waals surface area (Å²) in [5.41, 5.74) is 1.06. The maximum atomic E-state index is 13.0. The topological polar surface area (TPSA) is 61.3 Å². The van der Waals surface area contributed by atoms with Gasteiger partial charge in [-0.3, -0.25) is 9.36 Å². The second-order valence-electron chi connectivity index (χ2n) is 6.11. The highest BCUT2D eigenvalue weighted by Crippen LogP contribution is 2.19. The third-order valence-electron chi connectivity index (χ3n) is 4.40. The molecule has 1 aromatic carbocycles. The molecule has 0 bridgehead atoms. The largest absolute Gasteiger partial charge is 0.352 e. The molecule has 4 aromatic rings. The van der Waals surface area contributed by atoms with E-state index in [1.165, 1.54) is 20.4 Å². The van der Waals surface area contributed by atoms with Crippen LogP contribution in [0.1, 0.15) is 25.3 Å². The summed E-state index contributed by atoms with van der Waals surface area (Å²) in [7, 11) is 0. The lowest BCUT2D eigenvalue weighted by Gasteiger charge is -2.06. The number of unbranched alkanes of at least 4 members (excludes halogenated alkanes) is 1. The number of rotatable bonds is 5. The molecule has 0 aliphatic heterocycles. The number of nitrogens with zero attached hydrogens (tertiary/aromatic N) is 4. The summed E-state index contributed by atoms with van der Waals surface area (Å²) in [6.45, 7) is 2.86. The van der Waals surface area contributed by atoms with Crippen LogP contribution in [0.4, 0.5) is 0 Å². The van der Waals surface area contributed by atoms with Crippen molar-refractivity contribution in [1.29, 1.82) is 0 Å². The van der Waals surface area contributed by atoms with Gasteiger partial charge in [0.15, 0.2) is 0 Å². The van der Waals surface area contributed by atoms with Crippen LogP contribution >= 0.6 is 22.9 Å². The van der Waals surface area contributed by atoms with Crippen LogP contribution in [0, 0.1) is 0 Å². The normalized spacial score (nSPS) is 11.6. The third-order valence-corrected chi connectivity index (χ3v) is 5.66. The molecule has 8 heteroatoms. The highest BCUT2D eigenvalue weighted by atomic mass is 35.5. The maximum absolute atomic E-state index is 13.0. The van der Waals surface area contributed by atoms with Gasteiger partial charge in [0, 0.05) is 11.6 Å². The van der Waals surface area contributed by atoms with Gasteiger partial charge in [0.05, 0.1) is 12.1 Å². The van der Waals surface area contributed by atoms with Crippen molar-refractivity contribution >= 4 is 38.9 Å². The molecule has 0 fully saturated rings. The van der Waals surface area contributed by atoms with Crippen LogP contribution < -0.4 is 11.2 Å². The molecule has 6 nitrogen and oxygen atoms in total. The molecule has 3 aromatic heterocycles. The van der Waals surface area contributed by atoms with Gasteiger partial charge in [-0.15, -0.1) is 16.4 Å². The quantitative estimate of drug-likeness (QED) is 0.526. The Balaban J connectivity index is 1.97. The van der Waals surface area contributed by atoms with Gasteiger partial charge in [-0.1, -0.05) is 43.1 Å². The lowest BCUT2D eigenvalue weighted by atomic mass is 10.2. The van der Waals surface area contributed by atoms with Crippen molar-refractivity contribution in [1.82, 2.24) is 18.7 Å². The van der Waals surface area contributed by atoms with Crippen LogP contribution in [0.3, 0.4) is 0 Å². The van der Waals surface area contributed by atoms with Crippen LogP contribution in [-0.2, 0) is 13.1 Å². The van der Waals surface area contributed by atoms with Gasteiger partial charge in [0.25, 0.3) is 5.56 Å². The summed E-state index contributed by atoms with van der Waals surface area (Å²) in [5.74, 6) is 0.381. The van der Waals surface area contributed by atoms with Gasteiger partial charge in [0.1, 0.15) is 4.70 Å². The minimum Gasteiger partial charge on any atom is -0.276 e. The highest BCUT2D eigenvalue weighted by molar-refractivity contribution is 7.17. The average molecular weight is 389 g/mol. The van der Waals surface area contributed by atoms with E-state index in [0.717, 1.165) is 18.4 Å². The SMILES string of the molecule is CCCCn1c(=O)c2sccc2n2c(=O)n(Cc3ccccc3Cl)nc12. The van der Waals surface area contributed by atoms with Gasteiger partial charge >= 0.3 is 5.69 Å². The Bertz CT molecular complexity index is 1220. The van der Waals surface area contributed by atoms with E-state index in [1.807, 2.05) is 23.6 Å². The molecule has 0 unspecified atom stereocenters. The molecule has 0 saturated carbocycles. The van der Waals surface area contributed by atoms with E-state index >= 15 is 0 Å².